The lowest BCUT2D eigenvalue weighted by Crippen LogP contribution is -2.37. The molecule has 1 saturated heterocycles. The summed E-state index contributed by atoms with van der Waals surface area (Å²) in [5, 5.41) is 7.56. The van der Waals surface area contributed by atoms with Crippen LogP contribution in [0.5, 0.6) is 5.75 Å². The number of nitrogen functional groups attached to an aromatic ring is 1. The van der Waals surface area contributed by atoms with E-state index in [0.717, 1.165) is 19.6 Å². The van der Waals surface area contributed by atoms with Crippen LogP contribution in [0.1, 0.15) is 24.0 Å². The highest BCUT2D eigenvalue weighted by atomic mass is 16.5. The fraction of sp³-hybridized carbons (Fsp3) is 0.562. The number of likely N-dealkylation sites (tertiary alicyclic amines) is 1. The normalized spacial score (nSPS) is 19.1. The molecule has 0 bridgehead atoms. The molecule has 0 aliphatic carbocycles. The summed E-state index contributed by atoms with van der Waals surface area (Å²) in [6, 6.07) is 6.55. The number of hydrogen-bond acceptors (Lipinski definition) is 4. The zero-order valence-electron chi connectivity index (χ0n) is 13.2. The van der Waals surface area contributed by atoms with E-state index >= 15 is 0 Å². The Morgan fingerprint density at radius 1 is 1.48 bits per heavy atom. The third-order valence-corrected chi connectivity index (χ3v) is 4.02. The molecule has 0 amide bonds. The topological polar surface area (TPSA) is 65.6 Å². The summed E-state index contributed by atoms with van der Waals surface area (Å²) in [4.78, 5) is 4.78. The van der Waals surface area contributed by atoms with E-state index < -0.39 is 0 Å². The zero-order chi connectivity index (χ0) is 15.4. The Hall–Kier alpha value is -1.59. The molecule has 5 nitrogen and oxygen atoms in total. The second-order valence-electron chi connectivity index (χ2n) is 5.98. The molecule has 21 heavy (non-hydrogen) atoms. The predicted molar refractivity (Wildman–Crippen MR) is 86.0 cm³/mol. The Kier molecular flexibility index (Phi) is 5.20. The molecule has 1 aromatic carbocycles. The van der Waals surface area contributed by atoms with E-state index in [1.165, 1.54) is 18.4 Å². The molecular weight excluding hydrogens is 264 g/mol. The molecule has 116 valence electrons. The van der Waals surface area contributed by atoms with Crippen LogP contribution in [-0.4, -0.2) is 56.0 Å². The molecule has 5 heteroatoms. The van der Waals surface area contributed by atoms with Crippen LogP contribution < -0.4 is 10.5 Å². The van der Waals surface area contributed by atoms with Gasteiger partial charge >= 0.3 is 0 Å². The van der Waals surface area contributed by atoms with E-state index in [2.05, 4.69) is 23.9 Å². The van der Waals surface area contributed by atoms with Gasteiger partial charge in [0.25, 0.3) is 0 Å². The maximum Gasteiger partial charge on any atom is 0.130 e. The van der Waals surface area contributed by atoms with E-state index in [4.69, 9.17) is 15.9 Å². The predicted octanol–water partition coefficient (Wildman–Crippen LogP) is 1.51. The minimum absolute atomic E-state index is 0.0463. The third kappa shape index (κ3) is 3.95. The van der Waals surface area contributed by atoms with Crippen molar-refractivity contribution in [2.75, 3.05) is 34.3 Å². The summed E-state index contributed by atoms with van der Waals surface area (Å²) >= 11 is 0. The highest BCUT2D eigenvalue weighted by Crippen LogP contribution is 2.24. The van der Waals surface area contributed by atoms with E-state index in [9.17, 15) is 0 Å². The first-order chi connectivity index (χ1) is 10.0. The van der Waals surface area contributed by atoms with Crippen molar-refractivity contribution in [1.29, 1.82) is 5.41 Å². The van der Waals surface area contributed by atoms with Gasteiger partial charge in [0.15, 0.2) is 0 Å². The monoisotopic (exact) mass is 290 g/mol. The van der Waals surface area contributed by atoms with Gasteiger partial charge in [0, 0.05) is 19.1 Å². The molecule has 1 fully saturated rings. The molecule has 1 aromatic rings. The van der Waals surface area contributed by atoms with Crippen molar-refractivity contribution in [1.82, 2.24) is 9.80 Å². The van der Waals surface area contributed by atoms with Crippen LogP contribution >= 0.6 is 0 Å². The number of nitrogens with two attached hydrogens (primary N) is 1. The van der Waals surface area contributed by atoms with Crippen LogP contribution in [0.25, 0.3) is 0 Å². The van der Waals surface area contributed by atoms with Crippen LogP contribution in [0.4, 0.5) is 0 Å². The fourth-order valence-electron chi connectivity index (χ4n) is 3.02. The molecule has 0 spiro atoms. The van der Waals surface area contributed by atoms with Gasteiger partial charge < -0.3 is 15.4 Å². The fourth-order valence-corrected chi connectivity index (χ4v) is 3.02. The van der Waals surface area contributed by atoms with Gasteiger partial charge in [-0.3, -0.25) is 10.3 Å². The smallest absolute Gasteiger partial charge is 0.130 e. The number of hydrogen-bond donors (Lipinski definition) is 2. The molecule has 0 radical (unpaired) electrons. The number of likely N-dealkylation sites (N-methyl/N-ethyl adjacent to an activating group) is 1. The highest BCUT2D eigenvalue weighted by Gasteiger charge is 2.25. The first-order valence-electron chi connectivity index (χ1n) is 7.41. The molecule has 1 unspecified atom stereocenters. The molecule has 0 saturated carbocycles. The molecular formula is C16H26N4O. The lowest BCUT2D eigenvalue weighted by atomic mass is 10.1. The maximum absolute atomic E-state index is 7.56. The average molecular weight is 290 g/mol. The van der Waals surface area contributed by atoms with Gasteiger partial charge in [0.05, 0.1) is 12.7 Å². The number of nitrogens with one attached hydrogen (secondary N) is 1. The van der Waals surface area contributed by atoms with Crippen molar-refractivity contribution in [3.05, 3.63) is 29.3 Å². The Bertz CT molecular complexity index is 501. The highest BCUT2D eigenvalue weighted by molar-refractivity contribution is 5.97. The molecule has 0 aromatic heterocycles. The maximum atomic E-state index is 7.56. The van der Waals surface area contributed by atoms with Crippen LogP contribution in [0.2, 0.25) is 0 Å². The summed E-state index contributed by atoms with van der Waals surface area (Å²) in [7, 11) is 5.87. The molecule has 1 aliphatic rings. The van der Waals surface area contributed by atoms with Crippen LogP contribution in [0.3, 0.4) is 0 Å². The minimum Gasteiger partial charge on any atom is -0.496 e. The van der Waals surface area contributed by atoms with Crippen LogP contribution in [0.15, 0.2) is 18.2 Å². The molecule has 1 heterocycles. The Labute approximate surface area is 127 Å². The lowest BCUT2D eigenvalue weighted by molar-refractivity contribution is 0.201. The Morgan fingerprint density at radius 3 is 2.86 bits per heavy atom. The number of benzene rings is 1. The first kappa shape index (κ1) is 15.8. The summed E-state index contributed by atoms with van der Waals surface area (Å²) in [6.07, 6.45) is 2.53. The molecule has 1 aliphatic heterocycles. The number of methoxy groups -OCH3 is 1. The van der Waals surface area contributed by atoms with Gasteiger partial charge in [-0.05, 0) is 51.2 Å². The van der Waals surface area contributed by atoms with Gasteiger partial charge in [-0.2, -0.15) is 0 Å². The SMILES string of the molecule is COc1cc(CN2CCCC2CN(C)C)ccc1C(=N)N. The lowest BCUT2D eigenvalue weighted by Gasteiger charge is -2.27. The summed E-state index contributed by atoms with van der Waals surface area (Å²) in [5.74, 6) is 0.730. The largest absolute Gasteiger partial charge is 0.496 e. The van der Waals surface area contributed by atoms with Gasteiger partial charge in [0.2, 0.25) is 0 Å². The van der Waals surface area contributed by atoms with E-state index in [1.54, 1.807) is 7.11 Å². The standard InChI is InChI=1S/C16H26N4O/c1-19(2)11-13-5-4-8-20(13)10-12-6-7-14(16(17)18)15(9-12)21-3/h6-7,9,13H,4-5,8,10-11H2,1-3H3,(H3,17,18). The van der Waals surface area contributed by atoms with Gasteiger partial charge in [-0.15, -0.1) is 0 Å². The quantitative estimate of drug-likeness (QED) is 0.615. The summed E-state index contributed by atoms with van der Waals surface area (Å²) in [6.45, 7) is 3.17. The van der Waals surface area contributed by atoms with Crippen molar-refractivity contribution in [2.45, 2.75) is 25.4 Å². The van der Waals surface area contributed by atoms with Crippen molar-refractivity contribution in [2.24, 2.45) is 5.73 Å². The van der Waals surface area contributed by atoms with Crippen LogP contribution in [-0.2, 0) is 6.54 Å². The van der Waals surface area contributed by atoms with Crippen molar-refractivity contribution in [3.63, 3.8) is 0 Å². The minimum atomic E-state index is 0.0463. The number of amidine groups is 1. The first-order valence-corrected chi connectivity index (χ1v) is 7.41. The van der Waals surface area contributed by atoms with Gasteiger partial charge in [0.1, 0.15) is 11.6 Å². The van der Waals surface area contributed by atoms with E-state index in [-0.39, 0.29) is 5.84 Å². The number of ether oxygens (including phenoxy) is 1. The van der Waals surface area contributed by atoms with Crippen molar-refractivity contribution >= 4 is 5.84 Å². The number of nitrogens with zero attached hydrogens (tertiary/aromatic N) is 2. The summed E-state index contributed by atoms with van der Waals surface area (Å²) in [5.41, 5.74) is 7.44. The van der Waals surface area contributed by atoms with E-state index in [1.807, 2.05) is 18.2 Å². The number of rotatable bonds is 6. The second-order valence-corrected chi connectivity index (χ2v) is 5.98. The molecule has 3 N–H and O–H groups in total. The van der Waals surface area contributed by atoms with Crippen LogP contribution in [0, 0.1) is 5.41 Å². The summed E-state index contributed by atoms with van der Waals surface area (Å²) < 4.78 is 5.36. The molecule has 1 atom stereocenters. The zero-order valence-corrected chi connectivity index (χ0v) is 13.2. The Balaban J connectivity index is 2.10. The average Bonchev–Trinajstić information content (AvgIpc) is 2.84. The molecule has 2 rings (SSSR count). The van der Waals surface area contributed by atoms with Crippen molar-refractivity contribution in [3.8, 4) is 5.75 Å². The third-order valence-electron chi connectivity index (χ3n) is 4.02. The van der Waals surface area contributed by atoms with Gasteiger partial charge in [-0.25, -0.2) is 0 Å². The van der Waals surface area contributed by atoms with Gasteiger partial charge in [-0.1, -0.05) is 6.07 Å². The van der Waals surface area contributed by atoms with Crippen molar-refractivity contribution < 1.29 is 4.74 Å². The van der Waals surface area contributed by atoms with E-state index in [0.29, 0.717) is 17.4 Å². The second kappa shape index (κ2) is 6.91. The Morgan fingerprint density at radius 2 is 2.24 bits per heavy atom.